The average Bonchev–Trinajstić information content (AvgIpc) is 2.79. The van der Waals surface area contributed by atoms with Crippen LogP contribution in [0.3, 0.4) is 0 Å². The van der Waals surface area contributed by atoms with Crippen LogP contribution in [0.15, 0.2) is 42.5 Å². The molecule has 2 N–H and O–H groups in total. The molecule has 0 saturated heterocycles. The second-order valence-corrected chi connectivity index (χ2v) is 7.31. The molecule has 32 heavy (non-hydrogen) atoms. The molecule has 3 aromatic rings. The van der Waals surface area contributed by atoms with Gasteiger partial charge < -0.3 is 24.6 Å². The number of aliphatic carboxylic acids is 1. The van der Waals surface area contributed by atoms with Gasteiger partial charge in [-0.25, -0.2) is 4.79 Å². The quantitative estimate of drug-likeness (QED) is 0.449. The minimum Gasteiger partial charge on any atom is -0.491 e. The summed E-state index contributed by atoms with van der Waals surface area (Å²) >= 11 is 12.5. The van der Waals surface area contributed by atoms with Gasteiger partial charge in [-0.3, -0.25) is 0 Å². The number of carboxylic acids is 1. The van der Waals surface area contributed by atoms with E-state index in [1.54, 1.807) is 30.3 Å². The molecule has 2 aromatic carbocycles. The van der Waals surface area contributed by atoms with Gasteiger partial charge in [0.2, 0.25) is 5.95 Å². The molecule has 0 fully saturated rings. The Morgan fingerprint density at radius 3 is 2.12 bits per heavy atom. The number of carboxylic acid groups (broad SMARTS) is 1. The van der Waals surface area contributed by atoms with Gasteiger partial charge in [0.25, 0.3) is 0 Å². The first-order valence-electron chi connectivity index (χ1n) is 9.37. The number of ether oxygens (including phenoxy) is 3. The Bertz CT molecular complexity index is 1040. The Kier molecular flexibility index (Phi) is 7.91. The molecule has 0 aliphatic heterocycles. The van der Waals surface area contributed by atoms with Crippen LogP contribution in [0.2, 0.25) is 10.0 Å². The van der Waals surface area contributed by atoms with Crippen LogP contribution in [-0.2, 0) is 11.2 Å². The van der Waals surface area contributed by atoms with E-state index in [1.165, 1.54) is 14.2 Å². The summed E-state index contributed by atoms with van der Waals surface area (Å²) in [5, 5.41) is 13.4. The lowest BCUT2D eigenvalue weighted by Crippen LogP contribution is -2.36. The van der Waals surface area contributed by atoms with Gasteiger partial charge in [0, 0.05) is 16.5 Å². The van der Waals surface area contributed by atoms with Crippen LogP contribution < -0.4 is 19.5 Å². The summed E-state index contributed by atoms with van der Waals surface area (Å²) in [6.07, 6.45) is 0.557. The van der Waals surface area contributed by atoms with E-state index in [2.05, 4.69) is 20.3 Å². The highest BCUT2D eigenvalue weighted by Gasteiger charge is 2.21. The molecule has 1 aromatic heterocycles. The molecule has 11 heteroatoms. The molecule has 0 spiro atoms. The Labute approximate surface area is 194 Å². The van der Waals surface area contributed by atoms with Gasteiger partial charge in [0.15, 0.2) is 6.04 Å². The number of nitrogens with zero attached hydrogens (tertiary/aromatic N) is 3. The Morgan fingerprint density at radius 2 is 1.59 bits per heavy atom. The second kappa shape index (κ2) is 10.8. The summed E-state index contributed by atoms with van der Waals surface area (Å²) in [4.78, 5) is 23.5. The molecule has 0 amide bonds. The van der Waals surface area contributed by atoms with E-state index in [0.717, 1.165) is 11.1 Å². The number of rotatable bonds is 10. The highest BCUT2D eigenvalue weighted by Crippen LogP contribution is 2.27. The van der Waals surface area contributed by atoms with Crippen LogP contribution in [0.1, 0.15) is 11.1 Å². The number of hydrogen-bond donors (Lipinski definition) is 2. The fourth-order valence-corrected chi connectivity index (χ4v) is 3.24. The first-order valence-corrected chi connectivity index (χ1v) is 10.1. The number of nitrogens with one attached hydrogen (secondary N) is 1. The van der Waals surface area contributed by atoms with E-state index in [4.69, 9.17) is 37.4 Å². The standard InChI is InChI=1S/C21H20Cl2N4O5/c1-30-20-25-19(26-21(27-20)31-2)24-17(18(28)29)11-32-13-8-6-12(7-9-13)10-14-15(22)4-3-5-16(14)23/h3-9,17H,10-11H2,1-2H3,(H,28,29)(H,24,25,26,27)/t17-/m0/s1. The van der Waals surface area contributed by atoms with Crippen LogP contribution in [-0.4, -0.2) is 52.9 Å². The van der Waals surface area contributed by atoms with Crippen LogP contribution in [0.25, 0.3) is 0 Å². The third-order valence-corrected chi connectivity index (χ3v) is 5.05. The number of methoxy groups -OCH3 is 2. The molecule has 1 heterocycles. The lowest BCUT2D eigenvalue weighted by atomic mass is 10.0. The van der Waals surface area contributed by atoms with Crippen molar-refractivity contribution in [1.82, 2.24) is 15.0 Å². The topological polar surface area (TPSA) is 116 Å². The third-order valence-electron chi connectivity index (χ3n) is 4.34. The summed E-state index contributed by atoms with van der Waals surface area (Å²) in [5.41, 5.74) is 1.81. The third kappa shape index (κ3) is 6.12. The highest BCUT2D eigenvalue weighted by molar-refractivity contribution is 6.36. The van der Waals surface area contributed by atoms with Crippen molar-refractivity contribution in [3.63, 3.8) is 0 Å². The van der Waals surface area contributed by atoms with Gasteiger partial charge in [0.05, 0.1) is 14.2 Å². The predicted octanol–water partition coefficient (Wildman–Crippen LogP) is 3.73. The van der Waals surface area contributed by atoms with Crippen molar-refractivity contribution in [3.8, 4) is 17.8 Å². The molecular weight excluding hydrogens is 459 g/mol. The normalized spacial score (nSPS) is 11.5. The summed E-state index contributed by atoms with van der Waals surface area (Å²) < 4.78 is 15.6. The van der Waals surface area contributed by atoms with Crippen molar-refractivity contribution in [3.05, 3.63) is 63.6 Å². The van der Waals surface area contributed by atoms with Gasteiger partial charge in [0.1, 0.15) is 12.4 Å². The molecule has 0 aliphatic rings. The van der Waals surface area contributed by atoms with Crippen molar-refractivity contribution < 1.29 is 24.1 Å². The molecular formula is C21H20Cl2N4O5. The number of benzene rings is 2. The van der Waals surface area contributed by atoms with E-state index >= 15 is 0 Å². The number of halogens is 2. The lowest BCUT2D eigenvalue weighted by Gasteiger charge is -2.16. The monoisotopic (exact) mass is 478 g/mol. The van der Waals surface area contributed by atoms with E-state index in [1.807, 2.05) is 12.1 Å². The number of anilines is 1. The Morgan fingerprint density at radius 1 is 1.00 bits per heavy atom. The van der Waals surface area contributed by atoms with Crippen LogP contribution in [0, 0.1) is 0 Å². The van der Waals surface area contributed by atoms with Crippen molar-refractivity contribution in [1.29, 1.82) is 0 Å². The maximum atomic E-state index is 11.7. The molecule has 1 atom stereocenters. The zero-order chi connectivity index (χ0) is 23.1. The van der Waals surface area contributed by atoms with E-state index < -0.39 is 12.0 Å². The lowest BCUT2D eigenvalue weighted by molar-refractivity contribution is -0.138. The number of hydrogen-bond acceptors (Lipinski definition) is 8. The maximum absolute atomic E-state index is 11.7. The minimum absolute atomic E-state index is 0.0152. The fourth-order valence-electron chi connectivity index (χ4n) is 2.70. The summed E-state index contributed by atoms with van der Waals surface area (Å²) in [6.45, 7) is -0.179. The minimum atomic E-state index is -1.15. The molecule has 0 radical (unpaired) electrons. The first-order chi connectivity index (χ1) is 15.4. The van der Waals surface area contributed by atoms with E-state index in [0.29, 0.717) is 22.2 Å². The van der Waals surface area contributed by atoms with E-state index in [-0.39, 0.29) is 24.6 Å². The molecule has 168 valence electrons. The summed E-state index contributed by atoms with van der Waals surface area (Å²) in [5.74, 6) is -0.664. The molecule has 9 nitrogen and oxygen atoms in total. The number of carbonyl (C=O) groups is 1. The molecule has 0 unspecified atom stereocenters. The summed E-state index contributed by atoms with van der Waals surface area (Å²) in [7, 11) is 2.75. The van der Waals surface area contributed by atoms with Crippen LogP contribution >= 0.6 is 23.2 Å². The van der Waals surface area contributed by atoms with Gasteiger partial charge in [-0.1, -0.05) is 41.4 Å². The second-order valence-electron chi connectivity index (χ2n) is 6.50. The van der Waals surface area contributed by atoms with Crippen molar-refractivity contribution in [2.45, 2.75) is 12.5 Å². The van der Waals surface area contributed by atoms with Crippen LogP contribution in [0.4, 0.5) is 5.95 Å². The van der Waals surface area contributed by atoms with Crippen molar-refractivity contribution in [2.75, 3.05) is 26.1 Å². The Balaban J connectivity index is 1.64. The first kappa shape index (κ1) is 23.4. The van der Waals surface area contributed by atoms with Crippen LogP contribution in [0.5, 0.6) is 17.8 Å². The van der Waals surface area contributed by atoms with Gasteiger partial charge >= 0.3 is 18.0 Å². The zero-order valence-electron chi connectivity index (χ0n) is 17.2. The number of aromatic nitrogens is 3. The highest BCUT2D eigenvalue weighted by atomic mass is 35.5. The zero-order valence-corrected chi connectivity index (χ0v) is 18.7. The smallest absolute Gasteiger partial charge is 0.329 e. The largest absolute Gasteiger partial charge is 0.491 e. The predicted molar refractivity (Wildman–Crippen MR) is 119 cm³/mol. The molecule has 0 bridgehead atoms. The molecule has 0 aliphatic carbocycles. The Hall–Kier alpha value is -3.30. The van der Waals surface area contributed by atoms with Gasteiger partial charge in [-0.2, -0.15) is 9.97 Å². The average molecular weight is 479 g/mol. The van der Waals surface area contributed by atoms with Crippen molar-refractivity contribution >= 4 is 35.1 Å². The SMILES string of the molecule is COc1nc(N[C@@H](COc2ccc(Cc3c(Cl)cccc3Cl)cc2)C(=O)O)nc(OC)n1. The van der Waals surface area contributed by atoms with Crippen molar-refractivity contribution in [2.24, 2.45) is 0 Å². The van der Waals surface area contributed by atoms with E-state index in [9.17, 15) is 9.90 Å². The molecule has 3 rings (SSSR count). The van der Waals surface area contributed by atoms with Gasteiger partial charge in [-0.15, -0.1) is 4.98 Å². The van der Waals surface area contributed by atoms with Gasteiger partial charge in [-0.05, 0) is 35.4 Å². The maximum Gasteiger partial charge on any atom is 0.329 e. The fraction of sp³-hybridized carbons (Fsp3) is 0.238. The summed E-state index contributed by atoms with van der Waals surface area (Å²) in [6, 6.07) is 11.4. The molecule has 0 saturated carbocycles.